The van der Waals surface area contributed by atoms with E-state index in [1.807, 2.05) is 32.9 Å². The number of nitrogens with zero attached hydrogens (tertiary/aromatic N) is 3. The number of anilines is 1. The molecule has 4 rings (SSSR count). The van der Waals surface area contributed by atoms with Gasteiger partial charge in [0.15, 0.2) is 0 Å². The number of hydrogen-bond donors (Lipinski definition) is 1. The van der Waals surface area contributed by atoms with E-state index in [4.69, 9.17) is 4.74 Å². The van der Waals surface area contributed by atoms with Gasteiger partial charge in [-0.2, -0.15) is 4.80 Å². The first-order valence-electron chi connectivity index (χ1n) is 10.1. The van der Waals surface area contributed by atoms with Crippen LogP contribution in [0.2, 0.25) is 0 Å². The fraction of sp³-hybridized carbons (Fsp3) is 0.208. The van der Waals surface area contributed by atoms with E-state index >= 15 is 0 Å². The highest BCUT2D eigenvalue weighted by atomic mass is 19.1. The second-order valence-electron chi connectivity index (χ2n) is 7.44. The van der Waals surface area contributed by atoms with Crippen LogP contribution in [0.1, 0.15) is 36.2 Å². The van der Waals surface area contributed by atoms with Gasteiger partial charge < -0.3 is 10.1 Å². The lowest BCUT2D eigenvalue weighted by Gasteiger charge is -2.13. The topological polar surface area (TPSA) is 69.0 Å². The summed E-state index contributed by atoms with van der Waals surface area (Å²) in [5.41, 5.74) is 3.98. The summed E-state index contributed by atoms with van der Waals surface area (Å²) in [7, 11) is 0. The van der Waals surface area contributed by atoms with E-state index in [2.05, 4.69) is 15.5 Å². The van der Waals surface area contributed by atoms with Gasteiger partial charge in [-0.1, -0.05) is 13.0 Å². The number of aromatic nitrogens is 3. The molecule has 0 fully saturated rings. The Morgan fingerprint density at radius 1 is 1.10 bits per heavy atom. The molecule has 0 aliphatic rings. The Hall–Kier alpha value is -3.74. The van der Waals surface area contributed by atoms with E-state index in [0.717, 1.165) is 12.0 Å². The maximum atomic E-state index is 13.2. The minimum absolute atomic E-state index is 0.0756. The molecule has 0 spiro atoms. The normalized spacial score (nSPS) is 12.0. The van der Waals surface area contributed by atoms with Crippen LogP contribution in [-0.4, -0.2) is 27.0 Å². The molecule has 0 unspecified atom stereocenters. The third-order valence-corrected chi connectivity index (χ3v) is 5.04. The summed E-state index contributed by atoms with van der Waals surface area (Å²) in [5, 5.41) is 11.9. The zero-order valence-corrected chi connectivity index (χ0v) is 17.6. The van der Waals surface area contributed by atoms with E-state index in [9.17, 15) is 9.18 Å². The number of carbonyl (C=O) groups is 1. The van der Waals surface area contributed by atoms with Gasteiger partial charge in [-0.05, 0) is 80.4 Å². The average Bonchev–Trinajstić information content (AvgIpc) is 3.17. The van der Waals surface area contributed by atoms with Gasteiger partial charge in [0.25, 0.3) is 5.91 Å². The second-order valence-corrected chi connectivity index (χ2v) is 7.44. The summed E-state index contributed by atoms with van der Waals surface area (Å²) in [4.78, 5) is 14.3. The molecule has 7 heteroatoms. The molecule has 4 aromatic rings. The van der Waals surface area contributed by atoms with Crippen LogP contribution >= 0.6 is 0 Å². The Morgan fingerprint density at radius 2 is 1.81 bits per heavy atom. The van der Waals surface area contributed by atoms with Crippen LogP contribution in [0.4, 0.5) is 10.1 Å². The summed E-state index contributed by atoms with van der Waals surface area (Å²) in [6.45, 7) is 5.94. The molecule has 0 aliphatic carbocycles. The van der Waals surface area contributed by atoms with Crippen molar-refractivity contribution in [2.75, 3.05) is 5.32 Å². The molecular formula is C24H23FN4O2. The molecule has 1 heterocycles. The molecule has 1 N–H and O–H groups in total. The van der Waals surface area contributed by atoms with Crippen molar-refractivity contribution < 1.29 is 13.9 Å². The van der Waals surface area contributed by atoms with Crippen molar-refractivity contribution in [3.63, 3.8) is 0 Å². The predicted molar refractivity (Wildman–Crippen MR) is 118 cm³/mol. The lowest BCUT2D eigenvalue weighted by atomic mass is 10.1. The van der Waals surface area contributed by atoms with Gasteiger partial charge in [-0.3, -0.25) is 4.79 Å². The molecule has 31 heavy (non-hydrogen) atoms. The van der Waals surface area contributed by atoms with Crippen LogP contribution in [0.3, 0.4) is 0 Å². The van der Waals surface area contributed by atoms with Crippen LogP contribution in [0, 0.1) is 12.7 Å². The van der Waals surface area contributed by atoms with Crippen molar-refractivity contribution >= 4 is 22.6 Å². The van der Waals surface area contributed by atoms with Crippen molar-refractivity contribution in [1.29, 1.82) is 0 Å². The summed E-state index contributed by atoms with van der Waals surface area (Å²) < 4.78 is 19.0. The Kier molecular flexibility index (Phi) is 5.66. The van der Waals surface area contributed by atoms with Gasteiger partial charge in [-0.15, -0.1) is 10.2 Å². The Labute approximate surface area is 179 Å². The minimum Gasteiger partial charge on any atom is -0.491 e. The molecule has 0 bridgehead atoms. The number of ether oxygens (including phenoxy) is 1. The summed E-state index contributed by atoms with van der Waals surface area (Å²) >= 11 is 0. The lowest BCUT2D eigenvalue weighted by molar-refractivity contribution is 0.102. The van der Waals surface area contributed by atoms with E-state index in [-0.39, 0.29) is 17.8 Å². The molecule has 158 valence electrons. The monoisotopic (exact) mass is 418 g/mol. The molecule has 0 aliphatic heterocycles. The molecule has 0 radical (unpaired) electrons. The average molecular weight is 418 g/mol. The van der Waals surface area contributed by atoms with Gasteiger partial charge >= 0.3 is 0 Å². The van der Waals surface area contributed by atoms with Gasteiger partial charge in [0.05, 0.1) is 11.8 Å². The number of fused-ring (bicyclic) bond motifs is 1. The minimum atomic E-state index is -0.320. The van der Waals surface area contributed by atoms with Crippen molar-refractivity contribution in [2.45, 2.75) is 33.3 Å². The standard InChI is InChI=1S/C24H23FN4O2/c1-4-16(3)31-20-7-5-6-17(13-20)24(30)26-21-14-23-22(12-15(21)2)27-29(28-23)19-10-8-18(25)9-11-19/h5-14,16H,4H2,1-3H3,(H,26,30)/t16-/m0/s1. The number of halogens is 1. The SMILES string of the molecule is CC[C@H](C)Oc1cccc(C(=O)Nc2cc3nn(-c4ccc(F)cc4)nc3cc2C)c1. The van der Waals surface area contributed by atoms with Gasteiger partial charge in [-0.25, -0.2) is 4.39 Å². The molecule has 1 amide bonds. The van der Waals surface area contributed by atoms with Crippen molar-refractivity contribution in [1.82, 2.24) is 15.0 Å². The molecule has 0 saturated carbocycles. The number of rotatable bonds is 6. The zero-order chi connectivity index (χ0) is 22.0. The Balaban J connectivity index is 1.58. The fourth-order valence-electron chi connectivity index (χ4n) is 3.11. The summed E-state index contributed by atoms with van der Waals surface area (Å²) in [5.74, 6) is 0.110. The van der Waals surface area contributed by atoms with Crippen LogP contribution in [-0.2, 0) is 0 Å². The highest BCUT2D eigenvalue weighted by Gasteiger charge is 2.13. The van der Waals surface area contributed by atoms with Gasteiger partial charge in [0, 0.05) is 11.3 Å². The number of hydrogen-bond acceptors (Lipinski definition) is 4. The molecule has 1 aromatic heterocycles. The number of aryl methyl sites for hydroxylation is 1. The lowest BCUT2D eigenvalue weighted by Crippen LogP contribution is -2.14. The van der Waals surface area contributed by atoms with E-state index < -0.39 is 0 Å². The van der Waals surface area contributed by atoms with Gasteiger partial charge in [0.2, 0.25) is 0 Å². The summed E-state index contributed by atoms with van der Waals surface area (Å²) in [6, 6.07) is 16.7. The van der Waals surface area contributed by atoms with Crippen molar-refractivity contribution in [3.8, 4) is 11.4 Å². The van der Waals surface area contributed by atoms with Crippen LogP contribution < -0.4 is 10.1 Å². The van der Waals surface area contributed by atoms with Crippen LogP contribution in [0.15, 0.2) is 60.7 Å². The summed E-state index contributed by atoms with van der Waals surface area (Å²) in [6.07, 6.45) is 0.959. The van der Waals surface area contributed by atoms with Crippen LogP contribution in [0.5, 0.6) is 5.75 Å². The van der Waals surface area contributed by atoms with Crippen molar-refractivity contribution in [2.24, 2.45) is 0 Å². The Morgan fingerprint density at radius 3 is 2.52 bits per heavy atom. The second kappa shape index (κ2) is 8.55. The third-order valence-electron chi connectivity index (χ3n) is 5.04. The maximum Gasteiger partial charge on any atom is 0.255 e. The number of carbonyl (C=O) groups excluding carboxylic acids is 1. The largest absolute Gasteiger partial charge is 0.491 e. The number of nitrogens with one attached hydrogen (secondary N) is 1. The first-order valence-corrected chi connectivity index (χ1v) is 10.1. The maximum absolute atomic E-state index is 13.2. The smallest absolute Gasteiger partial charge is 0.255 e. The van der Waals surface area contributed by atoms with E-state index in [1.54, 1.807) is 36.4 Å². The quantitative estimate of drug-likeness (QED) is 0.461. The first-order chi connectivity index (χ1) is 14.9. The third kappa shape index (κ3) is 4.55. The highest BCUT2D eigenvalue weighted by Crippen LogP contribution is 2.24. The number of amides is 1. The van der Waals surface area contributed by atoms with Crippen LogP contribution in [0.25, 0.3) is 16.7 Å². The molecule has 0 saturated heterocycles. The highest BCUT2D eigenvalue weighted by molar-refractivity contribution is 6.05. The zero-order valence-electron chi connectivity index (χ0n) is 17.6. The molecular weight excluding hydrogens is 395 g/mol. The fourth-order valence-corrected chi connectivity index (χ4v) is 3.11. The first kappa shape index (κ1) is 20.5. The van der Waals surface area contributed by atoms with E-state index in [0.29, 0.717) is 33.7 Å². The number of benzene rings is 3. The predicted octanol–water partition coefficient (Wildman–Crippen LogP) is 5.30. The Bertz CT molecular complexity index is 1230. The van der Waals surface area contributed by atoms with Crippen molar-refractivity contribution in [3.05, 3.63) is 77.6 Å². The molecule has 1 atom stereocenters. The molecule has 6 nitrogen and oxygen atoms in total. The molecule has 3 aromatic carbocycles. The van der Waals surface area contributed by atoms with E-state index in [1.165, 1.54) is 16.9 Å². The van der Waals surface area contributed by atoms with Gasteiger partial charge in [0.1, 0.15) is 22.6 Å².